The summed E-state index contributed by atoms with van der Waals surface area (Å²) in [7, 11) is 1.70. The average molecular weight is 912 g/mol. The van der Waals surface area contributed by atoms with Crippen molar-refractivity contribution in [1.82, 2.24) is 35.2 Å². The number of amides is 2. The Morgan fingerprint density at radius 2 is 1.82 bits per heavy atom. The van der Waals surface area contributed by atoms with Crippen LogP contribution in [0.1, 0.15) is 88.7 Å². The standard InChI is InChI=1S/C49H65N7O8S/c1-29-30(2)40(29)45(57)52-42-44(54-17-22-62-23-18-54)46-51-38(27-65-46)32-11-12-39-35(25-32)36(26-49(4,5)28-64-48(59)37-10-8-16-56(53-37)47(42)58)43(34-9-7-15-50-41(34)31(3)60-6)55(39)19-24-63-33-13-20-61-21-14-33/h7,9,11-12,15,25,27,29-31,33,37,40,42,44,53H,8,10,13-14,16-24,26,28H2,1-6H3,(H,52,57)/t29-,30+,31-,37-,40?,42-,44-/m0/s1. The molecule has 5 aliphatic rings. The first-order valence-corrected chi connectivity index (χ1v) is 24.4. The number of aromatic nitrogens is 3. The molecule has 0 spiro atoms. The fourth-order valence-electron chi connectivity index (χ4n) is 10.3. The lowest BCUT2D eigenvalue weighted by atomic mass is 9.84. The lowest BCUT2D eigenvalue weighted by Gasteiger charge is -2.41. The van der Waals surface area contributed by atoms with Crippen LogP contribution in [0.4, 0.5) is 0 Å². The number of carbonyl (C=O) groups excluding carboxylic acids is 3. The molecular formula is C49H65N7O8S. The van der Waals surface area contributed by atoms with Gasteiger partial charge in [-0.15, -0.1) is 11.3 Å². The number of benzene rings is 1. The van der Waals surface area contributed by atoms with Crippen molar-refractivity contribution >= 4 is 40.0 Å². The second-order valence-corrected chi connectivity index (χ2v) is 20.3. The summed E-state index contributed by atoms with van der Waals surface area (Å²) in [4.78, 5) is 55.6. The van der Waals surface area contributed by atoms with Gasteiger partial charge in [-0.05, 0) is 80.7 Å². The molecule has 2 N–H and O–H groups in total. The lowest BCUT2D eigenvalue weighted by molar-refractivity contribution is -0.156. The monoisotopic (exact) mass is 911 g/mol. The number of carbonyl (C=O) groups is 3. The summed E-state index contributed by atoms with van der Waals surface area (Å²) in [5.41, 5.74) is 9.43. The zero-order valence-electron chi connectivity index (χ0n) is 38.7. The maximum absolute atomic E-state index is 15.0. The van der Waals surface area contributed by atoms with E-state index in [9.17, 15) is 9.59 Å². The number of thiazole rings is 1. The molecule has 2 amide bonds. The second-order valence-electron chi connectivity index (χ2n) is 19.4. The van der Waals surface area contributed by atoms with Crippen molar-refractivity contribution < 1.29 is 38.1 Å². The molecule has 1 saturated carbocycles. The predicted molar refractivity (Wildman–Crippen MR) is 247 cm³/mol. The summed E-state index contributed by atoms with van der Waals surface area (Å²) < 4.78 is 32.5. The molecule has 350 valence electrons. The molecule has 65 heavy (non-hydrogen) atoms. The molecule has 1 aromatic carbocycles. The Kier molecular flexibility index (Phi) is 13.8. The van der Waals surface area contributed by atoms with Crippen LogP contribution in [0.2, 0.25) is 0 Å². The van der Waals surface area contributed by atoms with Crippen molar-refractivity contribution in [1.29, 1.82) is 0 Å². The smallest absolute Gasteiger partial charge is 0.324 e. The van der Waals surface area contributed by atoms with Gasteiger partial charge in [-0.3, -0.25) is 29.3 Å². The number of nitrogens with zero attached hydrogens (tertiary/aromatic N) is 5. The van der Waals surface area contributed by atoms with Crippen LogP contribution in [-0.2, 0) is 51.0 Å². The minimum absolute atomic E-state index is 0.135. The Bertz CT molecular complexity index is 2350. The van der Waals surface area contributed by atoms with Gasteiger partial charge in [-0.1, -0.05) is 33.8 Å². The highest BCUT2D eigenvalue weighted by atomic mass is 32.1. The molecule has 1 aliphatic carbocycles. The Labute approximate surface area is 385 Å². The van der Waals surface area contributed by atoms with E-state index in [1.54, 1.807) is 7.11 Å². The van der Waals surface area contributed by atoms with Crippen LogP contribution < -0.4 is 10.7 Å². The number of methoxy groups -OCH3 is 1. The van der Waals surface area contributed by atoms with Gasteiger partial charge in [0.05, 0.1) is 61.8 Å². The zero-order chi connectivity index (χ0) is 45.4. The molecule has 9 rings (SSSR count). The third-order valence-corrected chi connectivity index (χ3v) is 15.3. The van der Waals surface area contributed by atoms with Crippen LogP contribution in [0.5, 0.6) is 0 Å². The second kappa shape index (κ2) is 19.5. The van der Waals surface area contributed by atoms with E-state index in [0.29, 0.717) is 78.5 Å². The molecular weight excluding hydrogens is 847 g/mol. The molecule has 15 nitrogen and oxygen atoms in total. The van der Waals surface area contributed by atoms with E-state index in [0.717, 1.165) is 62.5 Å². The van der Waals surface area contributed by atoms with E-state index in [1.165, 1.54) is 16.3 Å². The average Bonchev–Trinajstić information content (AvgIpc) is 3.58. The van der Waals surface area contributed by atoms with Crippen molar-refractivity contribution in [2.24, 2.45) is 23.2 Å². The van der Waals surface area contributed by atoms with Crippen LogP contribution in [0.25, 0.3) is 33.4 Å². The van der Waals surface area contributed by atoms with E-state index in [2.05, 4.69) is 77.6 Å². The van der Waals surface area contributed by atoms with Gasteiger partial charge in [-0.2, -0.15) is 0 Å². The Balaban J connectivity index is 1.20. The number of ether oxygens (including phenoxy) is 5. The molecule has 4 aliphatic heterocycles. The molecule has 16 heteroatoms. The number of nitrogens with one attached hydrogen (secondary N) is 2. The van der Waals surface area contributed by atoms with Gasteiger partial charge in [0.2, 0.25) is 5.91 Å². The molecule has 1 unspecified atom stereocenters. The number of hydrogen-bond acceptors (Lipinski definition) is 13. The molecule has 7 atom stereocenters. The lowest BCUT2D eigenvalue weighted by Crippen LogP contribution is -2.63. The third kappa shape index (κ3) is 9.63. The minimum Gasteiger partial charge on any atom is -0.464 e. The van der Waals surface area contributed by atoms with E-state index in [-0.39, 0.29) is 48.4 Å². The number of fused-ring (bicyclic) bond motifs is 6. The maximum atomic E-state index is 15.0. The summed E-state index contributed by atoms with van der Waals surface area (Å²) >= 11 is 1.50. The van der Waals surface area contributed by atoms with Gasteiger partial charge in [0.15, 0.2) is 0 Å². The number of morpholine rings is 1. The first-order valence-electron chi connectivity index (χ1n) is 23.6. The van der Waals surface area contributed by atoms with E-state index < -0.39 is 29.5 Å². The fourth-order valence-corrected chi connectivity index (χ4v) is 11.3. The van der Waals surface area contributed by atoms with Gasteiger partial charge in [-0.25, -0.2) is 10.4 Å². The molecule has 4 aromatic rings. The molecule has 3 aromatic heterocycles. The number of cyclic esters (lactones) is 1. The molecule has 7 heterocycles. The largest absolute Gasteiger partial charge is 0.464 e. The van der Waals surface area contributed by atoms with Crippen LogP contribution in [0, 0.1) is 23.2 Å². The first-order chi connectivity index (χ1) is 31.4. The highest BCUT2D eigenvalue weighted by Crippen LogP contribution is 2.46. The van der Waals surface area contributed by atoms with Gasteiger partial charge < -0.3 is 33.6 Å². The van der Waals surface area contributed by atoms with Gasteiger partial charge in [0.1, 0.15) is 17.1 Å². The summed E-state index contributed by atoms with van der Waals surface area (Å²) in [5.74, 6) is -0.589. The Morgan fingerprint density at radius 1 is 1.05 bits per heavy atom. The minimum atomic E-state index is -0.975. The predicted octanol–water partition coefficient (Wildman–Crippen LogP) is 6.11. The van der Waals surface area contributed by atoms with Gasteiger partial charge in [0.25, 0.3) is 5.91 Å². The van der Waals surface area contributed by atoms with Crippen molar-refractivity contribution in [2.75, 3.05) is 66.4 Å². The quantitative estimate of drug-likeness (QED) is 0.176. The molecule has 3 saturated heterocycles. The van der Waals surface area contributed by atoms with E-state index >= 15 is 4.79 Å². The summed E-state index contributed by atoms with van der Waals surface area (Å²) in [6.45, 7) is 15.6. The topological polar surface area (TPSA) is 159 Å². The van der Waals surface area contributed by atoms with Gasteiger partial charge >= 0.3 is 5.97 Å². The summed E-state index contributed by atoms with van der Waals surface area (Å²) in [5, 5.41) is 8.63. The highest BCUT2D eigenvalue weighted by molar-refractivity contribution is 7.10. The van der Waals surface area contributed by atoms with Crippen LogP contribution >= 0.6 is 11.3 Å². The number of hydrogen-bond donors (Lipinski definition) is 2. The van der Waals surface area contributed by atoms with Crippen LogP contribution in [-0.4, -0.2) is 127 Å². The molecule has 0 radical (unpaired) electrons. The zero-order valence-corrected chi connectivity index (χ0v) is 39.5. The Hall–Kier alpha value is -4.29. The normalized spacial score (nSPS) is 27.3. The molecule has 4 fully saturated rings. The SMILES string of the molecule is CO[C@@H](C)c1ncccc1-c1c2c3cc(ccc3n1CCOC1CCOCC1)-c1csc(n1)[C@@H](N1CCOCC1)[C@H](NC(=O)C1[C@@H](C)[C@H]1C)C(=O)N1CCC[C@H](N1)C(=O)OCC(C)(C)C2. The third-order valence-electron chi connectivity index (χ3n) is 14.3. The summed E-state index contributed by atoms with van der Waals surface area (Å²) in [6, 6.07) is 8.34. The number of rotatable bonds is 10. The maximum Gasteiger partial charge on any atom is 0.324 e. The first kappa shape index (κ1) is 45.8. The number of esters is 1. The van der Waals surface area contributed by atoms with Gasteiger partial charge in [0, 0.05) is 91.4 Å². The highest BCUT2D eigenvalue weighted by Gasteiger charge is 2.51. The van der Waals surface area contributed by atoms with Crippen molar-refractivity contribution in [3.63, 3.8) is 0 Å². The van der Waals surface area contributed by atoms with E-state index in [1.807, 2.05) is 19.2 Å². The number of pyridine rings is 1. The van der Waals surface area contributed by atoms with Crippen LogP contribution in [0.3, 0.4) is 0 Å². The summed E-state index contributed by atoms with van der Waals surface area (Å²) in [6.07, 6.45) is 5.09. The molecule has 6 bridgehead atoms. The number of hydrazine groups is 1. The van der Waals surface area contributed by atoms with Crippen LogP contribution in [0.15, 0.2) is 41.9 Å². The van der Waals surface area contributed by atoms with Crippen molar-refractivity contribution in [3.8, 4) is 22.5 Å². The van der Waals surface area contributed by atoms with E-state index in [4.69, 9.17) is 33.7 Å². The fraction of sp³-hybridized carbons (Fsp3) is 0.612. The Morgan fingerprint density at radius 3 is 2.57 bits per heavy atom. The van der Waals surface area contributed by atoms with Crippen molar-refractivity contribution in [2.45, 2.75) is 104 Å². The van der Waals surface area contributed by atoms with Crippen molar-refractivity contribution in [3.05, 3.63) is 58.2 Å².